The van der Waals surface area contributed by atoms with Gasteiger partial charge in [-0.2, -0.15) is 5.11 Å². The average molecular weight is 245 g/mol. The highest BCUT2D eigenvalue weighted by Gasteiger charge is 2.25. The number of carbonyl (C=O) groups excluding carboxylic acids is 1. The molecule has 94 valence electrons. The summed E-state index contributed by atoms with van der Waals surface area (Å²) in [5.41, 5.74) is 8.41. The summed E-state index contributed by atoms with van der Waals surface area (Å²) in [5.74, 6) is 0.145. The fourth-order valence-electron chi connectivity index (χ4n) is 2.52. The summed E-state index contributed by atoms with van der Waals surface area (Å²) in [7, 11) is 0. The van der Waals surface area contributed by atoms with E-state index in [1.165, 1.54) is 5.56 Å². The molecule has 0 aliphatic carbocycles. The second-order valence-electron chi connectivity index (χ2n) is 4.68. The van der Waals surface area contributed by atoms with Crippen LogP contribution in [0.2, 0.25) is 0 Å². The third-order valence-corrected chi connectivity index (χ3v) is 3.58. The molecule has 5 nitrogen and oxygen atoms in total. The number of ether oxygens (including phenoxy) is 1. The van der Waals surface area contributed by atoms with Crippen molar-refractivity contribution in [1.29, 1.82) is 0 Å². The van der Waals surface area contributed by atoms with Crippen molar-refractivity contribution in [1.82, 2.24) is 0 Å². The number of nitrogens with zero attached hydrogens (tertiary/aromatic N) is 2. The lowest BCUT2D eigenvalue weighted by molar-refractivity contribution is 0.0985. The van der Waals surface area contributed by atoms with Gasteiger partial charge in [0.25, 0.3) is 5.91 Å². The zero-order chi connectivity index (χ0) is 12.5. The van der Waals surface area contributed by atoms with Crippen LogP contribution in [0.15, 0.2) is 28.4 Å². The number of azo groups is 1. The number of hydrogen-bond donors (Lipinski definition) is 1. The third-order valence-electron chi connectivity index (χ3n) is 3.58. The smallest absolute Gasteiger partial charge is 0.295 e. The number of amides is 1. The fourth-order valence-corrected chi connectivity index (χ4v) is 2.52. The van der Waals surface area contributed by atoms with E-state index in [4.69, 9.17) is 10.5 Å². The zero-order valence-corrected chi connectivity index (χ0v) is 10.0. The van der Waals surface area contributed by atoms with Gasteiger partial charge in [-0.05, 0) is 23.6 Å². The van der Waals surface area contributed by atoms with Crippen molar-refractivity contribution in [2.45, 2.75) is 18.4 Å². The molecule has 0 bridgehead atoms. The number of carbonyl (C=O) groups is 1. The Labute approximate surface area is 105 Å². The van der Waals surface area contributed by atoms with E-state index in [1.54, 1.807) is 0 Å². The van der Waals surface area contributed by atoms with Crippen molar-refractivity contribution >= 4 is 5.91 Å². The standard InChI is InChI=1S/C13H15N3O2/c14-6-12-11-5-8(9-3-4-18-7-9)1-2-10(11)13(17)16-15-12/h1-2,5,9,12H,3-4,6-7,14H2. The minimum absolute atomic E-state index is 0.194. The van der Waals surface area contributed by atoms with E-state index in [2.05, 4.69) is 10.2 Å². The van der Waals surface area contributed by atoms with Crippen LogP contribution < -0.4 is 5.73 Å². The zero-order valence-electron chi connectivity index (χ0n) is 10.0. The first-order valence-corrected chi connectivity index (χ1v) is 6.16. The van der Waals surface area contributed by atoms with E-state index in [1.807, 2.05) is 18.2 Å². The first-order chi connectivity index (χ1) is 8.79. The van der Waals surface area contributed by atoms with Crippen LogP contribution in [0.1, 0.15) is 39.9 Å². The Hall–Kier alpha value is -1.59. The average Bonchev–Trinajstić information content (AvgIpc) is 2.93. The van der Waals surface area contributed by atoms with Crippen molar-refractivity contribution < 1.29 is 9.53 Å². The third kappa shape index (κ3) is 1.85. The Bertz CT molecular complexity index is 507. The van der Waals surface area contributed by atoms with Crippen LogP contribution >= 0.6 is 0 Å². The van der Waals surface area contributed by atoms with E-state index in [0.717, 1.165) is 25.2 Å². The molecule has 0 spiro atoms. The van der Waals surface area contributed by atoms with Gasteiger partial charge in [0.2, 0.25) is 0 Å². The molecule has 2 aliphatic rings. The maximum atomic E-state index is 11.7. The van der Waals surface area contributed by atoms with E-state index in [0.29, 0.717) is 18.0 Å². The normalized spacial score (nSPS) is 26.4. The highest BCUT2D eigenvalue weighted by Crippen LogP contribution is 2.32. The van der Waals surface area contributed by atoms with Gasteiger partial charge in [0.1, 0.15) is 6.04 Å². The van der Waals surface area contributed by atoms with Gasteiger partial charge < -0.3 is 10.5 Å². The summed E-state index contributed by atoms with van der Waals surface area (Å²) in [5, 5.41) is 7.59. The molecule has 0 radical (unpaired) electrons. The molecule has 0 saturated carbocycles. The quantitative estimate of drug-likeness (QED) is 0.863. The Morgan fingerprint density at radius 2 is 2.33 bits per heavy atom. The van der Waals surface area contributed by atoms with E-state index in [9.17, 15) is 4.79 Å². The van der Waals surface area contributed by atoms with Gasteiger partial charge in [-0.3, -0.25) is 4.79 Å². The van der Waals surface area contributed by atoms with Gasteiger partial charge in [0, 0.05) is 24.6 Å². The van der Waals surface area contributed by atoms with Gasteiger partial charge in [-0.25, -0.2) is 0 Å². The van der Waals surface area contributed by atoms with Crippen molar-refractivity contribution in [2.24, 2.45) is 16.0 Å². The lowest BCUT2D eigenvalue weighted by atomic mass is 9.91. The molecular formula is C13H15N3O2. The topological polar surface area (TPSA) is 77.0 Å². The van der Waals surface area contributed by atoms with Crippen molar-refractivity contribution in [3.8, 4) is 0 Å². The number of fused-ring (bicyclic) bond motifs is 1. The largest absolute Gasteiger partial charge is 0.381 e. The second-order valence-corrected chi connectivity index (χ2v) is 4.68. The molecule has 2 N–H and O–H groups in total. The fraction of sp³-hybridized carbons (Fsp3) is 0.462. The molecule has 1 aromatic rings. The van der Waals surface area contributed by atoms with Crippen LogP contribution in [0.25, 0.3) is 0 Å². The Morgan fingerprint density at radius 1 is 1.44 bits per heavy atom. The Kier molecular flexibility index (Phi) is 2.93. The lowest BCUT2D eigenvalue weighted by Crippen LogP contribution is -2.18. The number of rotatable bonds is 2. The molecule has 2 heterocycles. The summed E-state index contributed by atoms with van der Waals surface area (Å²) in [6.07, 6.45) is 1.03. The van der Waals surface area contributed by atoms with Crippen molar-refractivity contribution in [3.05, 3.63) is 34.9 Å². The van der Waals surface area contributed by atoms with Crippen molar-refractivity contribution in [2.75, 3.05) is 19.8 Å². The van der Waals surface area contributed by atoms with Crippen LogP contribution in [0.5, 0.6) is 0 Å². The Morgan fingerprint density at radius 3 is 3.06 bits per heavy atom. The monoisotopic (exact) mass is 245 g/mol. The molecule has 2 aliphatic heterocycles. The summed E-state index contributed by atoms with van der Waals surface area (Å²) in [6.45, 7) is 1.93. The molecule has 0 aromatic heterocycles. The second kappa shape index (κ2) is 4.59. The molecule has 1 fully saturated rings. The number of nitrogens with two attached hydrogens (primary N) is 1. The minimum Gasteiger partial charge on any atom is -0.381 e. The molecule has 2 unspecified atom stereocenters. The van der Waals surface area contributed by atoms with E-state index < -0.39 is 0 Å². The van der Waals surface area contributed by atoms with Crippen LogP contribution in [0.4, 0.5) is 0 Å². The molecule has 2 atom stereocenters. The molecule has 1 amide bonds. The number of hydrogen-bond acceptors (Lipinski definition) is 4. The summed E-state index contributed by atoms with van der Waals surface area (Å²) in [4.78, 5) is 11.7. The van der Waals surface area contributed by atoms with Gasteiger partial charge in [-0.15, -0.1) is 5.11 Å². The first-order valence-electron chi connectivity index (χ1n) is 6.16. The predicted octanol–water partition coefficient (Wildman–Crippen LogP) is 1.80. The maximum Gasteiger partial charge on any atom is 0.295 e. The molecular weight excluding hydrogens is 230 g/mol. The van der Waals surface area contributed by atoms with Crippen LogP contribution in [-0.4, -0.2) is 25.7 Å². The van der Waals surface area contributed by atoms with Gasteiger partial charge in [0.05, 0.1) is 6.61 Å². The maximum absolute atomic E-state index is 11.7. The SMILES string of the molecule is NCC1N=NC(=O)c2ccc(C3CCOC3)cc21. The summed E-state index contributed by atoms with van der Waals surface area (Å²) in [6, 6.07) is 5.68. The summed E-state index contributed by atoms with van der Waals surface area (Å²) >= 11 is 0. The van der Waals surface area contributed by atoms with Gasteiger partial charge in [-0.1, -0.05) is 12.1 Å². The van der Waals surface area contributed by atoms with E-state index in [-0.39, 0.29) is 11.9 Å². The molecule has 5 heteroatoms. The molecule has 3 rings (SSSR count). The first kappa shape index (κ1) is 11.5. The molecule has 1 saturated heterocycles. The highest BCUT2D eigenvalue weighted by atomic mass is 16.5. The highest BCUT2D eigenvalue weighted by molar-refractivity contribution is 5.97. The van der Waals surface area contributed by atoms with Crippen LogP contribution in [0, 0.1) is 0 Å². The molecule has 18 heavy (non-hydrogen) atoms. The van der Waals surface area contributed by atoms with E-state index >= 15 is 0 Å². The lowest BCUT2D eigenvalue weighted by Gasteiger charge is -2.19. The van der Waals surface area contributed by atoms with Crippen molar-refractivity contribution in [3.63, 3.8) is 0 Å². The summed E-state index contributed by atoms with van der Waals surface area (Å²) < 4.78 is 5.40. The van der Waals surface area contributed by atoms with Crippen LogP contribution in [-0.2, 0) is 4.74 Å². The van der Waals surface area contributed by atoms with Gasteiger partial charge >= 0.3 is 0 Å². The van der Waals surface area contributed by atoms with Crippen LogP contribution in [0.3, 0.4) is 0 Å². The Balaban J connectivity index is 2.00. The minimum atomic E-state index is -0.274. The van der Waals surface area contributed by atoms with Gasteiger partial charge in [0.15, 0.2) is 0 Å². The molecule has 1 aromatic carbocycles. The predicted molar refractivity (Wildman–Crippen MR) is 65.6 cm³/mol. The number of benzene rings is 1.